The lowest BCUT2D eigenvalue weighted by Crippen LogP contribution is -2.27. The normalized spacial score (nSPS) is 22.2. The van der Waals surface area contributed by atoms with Crippen molar-refractivity contribution < 1.29 is 9.47 Å². The number of ether oxygens (including phenoxy) is 2. The zero-order valence-electron chi connectivity index (χ0n) is 11.5. The third-order valence-electron chi connectivity index (χ3n) is 3.40. The fraction of sp³-hybridized carbons (Fsp3) is 0.600. The first kappa shape index (κ1) is 13.2. The van der Waals surface area contributed by atoms with Crippen LogP contribution in [0.3, 0.4) is 0 Å². The zero-order valence-corrected chi connectivity index (χ0v) is 11.5. The van der Waals surface area contributed by atoms with Gasteiger partial charge in [0.1, 0.15) is 5.75 Å². The Hall–Kier alpha value is -1.22. The van der Waals surface area contributed by atoms with Gasteiger partial charge in [-0.25, -0.2) is 0 Å². The fourth-order valence-electron chi connectivity index (χ4n) is 2.42. The lowest BCUT2D eigenvalue weighted by atomic mass is 9.95. The Kier molecular flexibility index (Phi) is 4.48. The van der Waals surface area contributed by atoms with Crippen LogP contribution in [-0.4, -0.2) is 19.8 Å². The maximum atomic E-state index is 6.02. The van der Waals surface area contributed by atoms with Crippen molar-refractivity contribution in [3.05, 3.63) is 23.8 Å². The highest BCUT2D eigenvalue weighted by Crippen LogP contribution is 2.40. The molecule has 0 aromatic heterocycles. The molecule has 1 aliphatic heterocycles. The SMILES string of the molecule is CCCCO[C@H]1C[C@@H](C)Nc2c(OC)cccc21. The van der Waals surface area contributed by atoms with Crippen LogP contribution in [0.1, 0.15) is 44.8 Å². The molecular weight excluding hydrogens is 226 g/mol. The van der Waals surface area contributed by atoms with E-state index in [0.717, 1.165) is 30.9 Å². The molecule has 1 heterocycles. The highest BCUT2D eigenvalue weighted by molar-refractivity contribution is 5.64. The third-order valence-corrected chi connectivity index (χ3v) is 3.40. The first-order valence-electron chi connectivity index (χ1n) is 6.81. The van der Waals surface area contributed by atoms with Gasteiger partial charge in [-0.1, -0.05) is 25.5 Å². The van der Waals surface area contributed by atoms with Crippen molar-refractivity contribution in [2.75, 3.05) is 19.0 Å². The summed E-state index contributed by atoms with van der Waals surface area (Å²) in [5, 5.41) is 3.49. The van der Waals surface area contributed by atoms with Gasteiger partial charge >= 0.3 is 0 Å². The molecule has 1 N–H and O–H groups in total. The van der Waals surface area contributed by atoms with Gasteiger partial charge in [0.25, 0.3) is 0 Å². The largest absolute Gasteiger partial charge is 0.495 e. The standard InChI is InChI=1S/C15H23NO2/c1-4-5-9-18-14-10-11(2)16-15-12(14)7-6-8-13(15)17-3/h6-8,11,14,16H,4-5,9-10H2,1-3H3/t11-,14+/m1/s1. The summed E-state index contributed by atoms with van der Waals surface area (Å²) in [6.45, 7) is 5.21. The van der Waals surface area contributed by atoms with Crippen molar-refractivity contribution in [2.24, 2.45) is 0 Å². The molecule has 2 rings (SSSR count). The van der Waals surface area contributed by atoms with Crippen molar-refractivity contribution in [1.82, 2.24) is 0 Å². The molecule has 3 nitrogen and oxygen atoms in total. The molecule has 0 aliphatic carbocycles. The van der Waals surface area contributed by atoms with Crippen molar-refractivity contribution in [3.8, 4) is 5.75 Å². The molecule has 0 saturated carbocycles. The summed E-state index contributed by atoms with van der Waals surface area (Å²) < 4.78 is 11.4. The van der Waals surface area contributed by atoms with Gasteiger partial charge in [0.2, 0.25) is 0 Å². The lowest BCUT2D eigenvalue weighted by Gasteiger charge is -2.32. The van der Waals surface area contributed by atoms with E-state index in [1.54, 1.807) is 7.11 Å². The van der Waals surface area contributed by atoms with E-state index < -0.39 is 0 Å². The van der Waals surface area contributed by atoms with Crippen LogP contribution in [0.25, 0.3) is 0 Å². The van der Waals surface area contributed by atoms with Gasteiger partial charge in [-0.3, -0.25) is 0 Å². The molecule has 1 aliphatic rings. The van der Waals surface area contributed by atoms with Gasteiger partial charge in [0.05, 0.1) is 18.9 Å². The van der Waals surface area contributed by atoms with Crippen LogP contribution >= 0.6 is 0 Å². The molecule has 0 saturated heterocycles. The Labute approximate surface area is 109 Å². The second-order valence-corrected chi connectivity index (χ2v) is 4.92. The number of fused-ring (bicyclic) bond motifs is 1. The first-order chi connectivity index (χ1) is 8.76. The molecule has 0 spiro atoms. The minimum atomic E-state index is 0.192. The molecule has 1 aromatic rings. The average Bonchev–Trinajstić information content (AvgIpc) is 2.38. The Morgan fingerprint density at radius 2 is 2.22 bits per heavy atom. The number of rotatable bonds is 5. The van der Waals surface area contributed by atoms with Gasteiger partial charge < -0.3 is 14.8 Å². The third kappa shape index (κ3) is 2.78. The number of nitrogens with one attached hydrogen (secondary N) is 1. The number of para-hydroxylation sites is 1. The van der Waals surface area contributed by atoms with Crippen molar-refractivity contribution in [1.29, 1.82) is 0 Å². The van der Waals surface area contributed by atoms with Gasteiger partial charge in [0.15, 0.2) is 0 Å². The molecule has 0 bridgehead atoms. The van der Waals surface area contributed by atoms with E-state index >= 15 is 0 Å². The first-order valence-corrected chi connectivity index (χ1v) is 6.81. The molecule has 0 amide bonds. The van der Waals surface area contributed by atoms with E-state index in [1.165, 1.54) is 12.0 Å². The van der Waals surface area contributed by atoms with Crippen molar-refractivity contribution in [2.45, 2.75) is 45.3 Å². The maximum absolute atomic E-state index is 6.02. The van der Waals surface area contributed by atoms with Crippen molar-refractivity contribution in [3.63, 3.8) is 0 Å². The van der Waals surface area contributed by atoms with Crippen molar-refractivity contribution >= 4 is 5.69 Å². The van der Waals surface area contributed by atoms with Gasteiger partial charge in [0, 0.05) is 18.2 Å². The Balaban J connectivity index is 2.20. The average molecular weight is 249 g/mol. The van der Waals surface area contributed by atoms with E-state index in [4.69, 9.17) is 9.47 Å². The zero-order chi connectivity index (χ0) is 13.0. The molecule has 0 radical (unpaired) electrons. The summed E-state index contributed by atoms with van der Waals surface area (Å²) in [6.07, 6.45) is 3.50. The highest BCUT2D eigenvalue weighted by atomic mass is 16.5. The van der Waals surface area contributed by atoms with E-state index in [0.29, 0.717) is 6.04 Å². The molecule has 18 heavy (non-hydrogen) atoms. The minimum Gasteiger partial charge on any atom is -0.495 e. The van der Waals surface area contributed by atoms with Gasteiger partial charge in [-0.05, 0) is 25.8 Å². The van der Waals surface area contributed by atoms with Crippen LogP contribution in [0.4, 0.5) is 5.69 Å². The number of benzene rings is 1. The van der Waals surface area contributed by atoms with E-state index in [9.17, 15) is 0 Å². The number of hydrogen-bond donors (Lipinski definition) is 1. The maximum Gasteiger partial charge on any atom is 0.142 e. The van der Waals surface area contributed by atoms with Crippen LogP contribution in [0, 0.1) is 0 Å². The monoisotopic (exact) mass is 249 g/mol. The minimum absolute atomic E-state index is 0.192. The highest BCUT2D eigenvalue weighted by Gasteiger charge is 2.26. The van der Waals surface area contributed by atoms with Gasteiger partial charge in [-0.15, -0.1) is 0 Å². The predicted octanol–water partition coefficient (Wildman–Crippen LogP) is 3.76. The Bertz CT molecular complexity index is 392. The summed E-state index contributed by atoms with van der Waals surface area (Å²) in [6, 6.07) is 6.58. The summed E-state index contributed by atoms with van der Waals surface area (Å²) in [7, 11) is 1.71. The van der Waals surface area contributed by atoms with E-state index in [2.05, 4.69) is 25.2 Å². The second-order valence-electron chi connectivity index (χ2n) is 4.92. The summed E-state index contributed by atoms with van der Waals surface area (Å²) in [5.74, 6) is 0.906. The van der Waals surface area contributed by atoms with Crippen LogP contribution in [0.15, 0.2) is 18.2 Å². The molecule has 0 fully saturated rings. The van der Waals surface area contributed by atoms with Crippen LogP contribution in [0.2, 0.25) is 0 Å². The van der Waals surface area contributed by atoms with Crippen LogP contribution in [-0.2, 0) is 4.74 Å². The topological polar surface area (TPSA) is 30.5 Å². The van der Waals surface area contributed by atoms with E-state index in [-0.39, 0.29) is 6.10 Å². The fourth-order valence-corrected chi connectivity index (χ4v) is 2.42. The quantitative estimate of drug-likeness (QED) is 0.806. The van der Waals surface area contributed by atoms with E-state index in [1.807, 2.05) is 12.1 Å². The number of unbranched alkanes of at least 4 members (excludes halogenated alkanes) is 1. The molecule has 2 atom stereocenters. The lowest BCUT2D eigenvalue weighted by molar-refractivity contribution is 0.0399. The number of methoxy groups -OCH3 is 1. The molecular formula is C15H23NO2. The second kappa shape index (κ2) is 6.10. The smallest absolute Gasteiger partial charge is 0.142 e. The Morgan fingerprint density at radius 1 is 1.39 bits per heavy atom. The number of hydrogen-bond acceptors (Lipinski definition) is 3. The molecule has 1 aromatic carbocycles. The molecule has 100 valence electrons. The number of anilines is 1. The predicted molar refractivity (Wildman–Crippen MR) is 74.3 cm³/mol. The molecule has 3 heteroatoms. The molecule has 0 unspecified atom stereocenters. The Morgan fingerprint density at radius 3 is 2.94 bits per heavy atom. The van der Waals surface area contributed by atoms with Crippen LogP contribution < -0.4 is 10.1 Å². The van der Waals surface area contributed by atoms with Gasteiger partial charge in [-0.2, -0.15) is 0 Å². The summed E-state index contributed by atoms with van der Waals surface area (Å²) >= 11 is 0. The summed E-state index contributed by atoms with van der Waals surface area (Å²) in [4.78, 5) is 0. The van der Waals surface area contributed by atoms with Crippen LogP contribution in [0.5, 0.6) is 5.75 Å². The summed E-state index contributed by atoms with van der Waals surface area (Å²) in [5.41, 5.74) is 2.32.